The quantitative estimate of drug-likeness (QED) is 0.854. The highest BCUT2D eigenvalue weighted by molar-refractivity contribution is 5.97. The molecule has 2 aromatic heterocycles. The van der Waals surface area contributed by atoms with Crippen LogP contribution in [0.15, 0.2) is 18.5 Å². The fourth-order valence-electron chi connectivity index (χ4n) is 2.90. The highest BCUT2D eigenvalue weighted by Gasteiger charge is 2.42. The average Bonchev–Trinajstić information content (AvgIpc) is 3.30. The number of amides is 1. The third kappa shape index (κ3) is 3.22. The molecule has 0 saturated heterocycles. The van der Waals surface area contributed by atoms with Crippen LogP contribution in [0, 0.1) is 11.8 Å². The van der Waals surface area contributed by atoms with Gasteiger partial charge < -0.3 is 10.4 Å². The number of pyridine rings is 1. The second-order valence-corrected chi connectivity index (χ2v) is 7.16. The van der Waals surface area contributed by atoms with Gasteiger partial charge in [-0.1, -0.05) is 13.8 Å². The Morgan fingerprint density at radius 3 is 2.83 bits per heavy atom. The minimum atomic E-state index is -0.548. The molecule has 124 valence electrons. The number of carbonyl (C=O) groups is 1. The molecule has 2 N–H and O–H groups in total. The van der Waals surface area contributed by atoms with E-state index in [1.54, 1.807) is 12.4 Å². The van der Waals surface area contributed by atoms with Crippen LogP contribution in [0.3, 0.4) is 0 Å². The van der Waals surface area contributed by atoms with Gasteiger partial charge in [-0.2, -0.15) is 5.10 Å². The zero-order valence-electron chi connectivity index (χ0n) is 13.9. The normalized spacial score (nSPS) is 17.4. The average molecular weight is 316 g/mol. The van der Waals surface area contributed by atoms with E-state index in [0.717, 1.165) is 30.4 Å². The largest absolute Gasteiger partial charge is 0.394 e. The van der Waals surface area contributed by atoms with Crippen molar-refractivity contribution >= 4 is 16.9 Å². The summed E-state index contributed by atoms with van der Waals surface area (Å²) in [4.78, 5) is 16.9. The monoisotopic (exact) mass is 316 g/mol. The standard InChI is InChI=1S/C17H24N4O2/c1-11(2)9-21-15-12(8-19-21)6-13(7-18-15)16(23)20-17(3,10-22)14-4-5-14/h6-8,11,14,22H,4-5,9-10H2,1-3H3,(H,20,23). The lowest BCUT2D eigenvalue weighted by molar-refractivity contribution is 0.0824. The van der Waals surface area contributed by atoms with Gasteiger partial charge in [0.05, 0.1) is 23.9 Å². The number of aromatic nitrogens is 3. The molecule has 0 aromatic carbocycles. The number of aliphatic hydroxyl groups excluding tert-OH is 1. The number of rotatable bonds is 6. The number of hydrogen-bond acceptors (Lipinski definition) is 4. The summed E-state index contributed by atoms with van der Waals surface area (Å²) < 4.78 is 1.86. The van der Waals surface area contributed by atoms with E-state index >= 15 is 0 Å². The summed E-state index contributed by atoms with van der Waals surface area (Å²) in [5, 5.41) is 17.8. The molecule has 0 spiro atoms. The highest BCUT2D eigenvalue weighted by Crippen LogP contribution is 2.39. The van der Waals surface area contributed by atoms with E-state index in [-0.39, 0.29) is 12.5 Å². The van der Waals surface area contributed by atoms with Crippen molar-refractivity contribution in [3.8, 4) is 0 Å². The molecule has 2 heterocycles. The van der Waals surface area contributed by atoms with Crippen molar-refractivity contribution in [3.05, 3.63) is 24.0 Å². The molecule has 1 saturated carbocycles. The van der Waals surface area contributed by atoms with Crippen LogP contribution in [0.2, 0.25) is 0 Å². The van der Waals surface area contributed by atoms with Crippen molar-refractivity contribution < 1.29 is 9.90 Å². The summed E-state index contributed by atoms with van der Waals surface area (Å²) in [6.45, 7) is 6.90. The van der Waals surface area contributed by atoms with Gasteiger partial charge in [-0.15, -0.1) is 0 Å². The zero-order valence-corrected chi connectivity index (χ0v) is 13.9. The Labute approximate surface area is 135 Å². The van der Waals surface area contributed by atoms with Gasteiger partial charge in [0, 0.05) is 18.1 Å². The molecule has 1 fully saturated rings. The smallest absolute Gasteiger partial charge is 0.253 e. The Kier molecular flexibility index (Phi) is 4.10. The van der Waals surface area contributed by atoms with Crippen LogP contribution < -0.4 is 5.32 Å². The molecule has 0 aliphatic heterocycles. The maximum absolute atomic E-state index is 12.5. The maximum atomic E-state index is 12.5. The number of hydrogen-bond donors (Lipinski definition) is 2. The summed E-state index contributed by atoms with van der Waals surface area (Å²) in [6, 6.07) is 1.81. The Bertz CT molecular complexity index is 720. The lowest BCUT2D eigenvalue weighted by atomic mass is 9.96. The molecular weight excluding hydrogens is 292 g/mol. The topological polar surface area (TPSA) is 80.0 Å². The van der Waals surface area contributed by atoms with Gasteiger partial charge in [0.1, 0.15) is 0 Å². The Morgan fingerprint density at radius 2 is 2.22 bits per heavy atom. The molecule has 0 radical (unpaired) electrons. The van der Waals surface area contributed by atoms with Gasteiger partial charge in [-0.3, -0.25) is 4.79 Å². The van der Waals surface area contributed by atoms with E-state index < -0.39 is 5.54 Å². The van der Waals surface area contributed by atoms with Gasteiger partial charge >= 0.3 is 0 Å². The van der Waals surface area contributed by atoms with Crippen LogP contribution in [-0.4, -0.2) is 37.9 Å². The summed E-state index contributed by atoms with van der Waals surface area (Å²) in [5.41, 5.74) is 0.748. The van der Waals surface area contributed by atoms with E-state index in [9.17, 15) is 9.90 Å². The number of nitrogens with one attached hydrogen (secondary N) is 1. The molecule has 1 atom stereocenters. The van der Waals surface area contributed by atoms with Gasteiger partial charge in [0.2, 0.25) is 0 Å². The van der Waals surface area contributed by atoms with Crippen LogP contribution in [0.5, 0.6) is 0 Å². The molecule has 6 nitrogen and oxygen atoms in total. The summed E-state index contributed by atoms with van der Waals surface area (Å²) in [5.74, 6) is 0.646. The fraction of sp³-hybridized carbons (Fsp3) is 0.588. The maximum Gasteiger partial charge on any atom is 0.253 e. The molecular formula is C17H24N4O2. The summed E-state index contributed by atoms with van der Waals surface area (Å²) in [6.07, 6.45) is 5.43. The van der Waals surface area contributed by atoms with Gasteiger partial charge in [-0.05, 0) is 37.7 Å². The van der Waals surface area contributed by atoms with E-state index in [1.807, 2.05) is 17.7 Å². The molecule has 1 unspecified atom stereocenters. The number of nitrogens with zero attached hydrogens (tertiary/aromatic N) is 3. The van der Waals surface area contributed by atoms with Crippen molar-refractivity contribution in [2.45, 2.75) is 45.7 Å². The van der Waals surface area contributed by atoms with Crippen molar-refractivity contribution in [2.75, 3.05) is 6.61 Å². The Balaban J connectivity index is 1.81. The molecule has 0 bridgehead atoms. The van der Waals surface area contributed by atoms with E-state index in [2.05, 4.69) is 29.2 Å². The molecule has 3 rings (SSSR count). The lowest BCUT2D eigenvalue weighted by Gasteiger charge is -2.28. The minimum Gasteiger partial charge on any atom is -0.394 e. The van der Waals surface area contributed by atoms with Crippen LogP contribution >= 0.6 is 0 Å². The number of carbonyl (C=O) groups excluding carboxylic acids is 1. The zero-order chi connectivity index (χ0) is 16.6. The molecule has 2 aromatic rings. The molecule has 1 aliphatic rings. The van der Waals surface area contributed by atoms with E-state index in [4.69, 9.17) is 0 Å². The van der Waals surface area contributed by atoms with Crippen molar-refractivity contribution in [2.24, 2.45) is 11.8 Å². The second kappa shape index (κ2) is 5.92. The van der Waals surface area contributed by atoms with Crippen LogP contribution in [0.1, 0.15) is 44.0 Å². The predicted octanol–water partition coefficient (Wildman–Crippen LogP) is 1.98. The first kappa shape index (κ1) is 15.9. The first-order chi connectivity index (χ1) is 10.9. The SMILES string of the molecule is CC(C)Cn1ncc2cc(C(=O)NC(C)(CO)C3CC3)cnc21. The molecule has 6 heteroatoms. The van der Waals surface area contributed by atoms with E-state index in [0.29, 0.717) is 17.4 Å². The van der Waals surface area contributed by atoms with Crippen molar-refractivity contribution in [1.82, 2.24) is 20.1 Å². The van der Waals surface area contributed by atoms with Gasteiger partial charge in [0.25, 0.3) is 5.91 Å². The van der Waals surface area contributed by atoms with Crippen molar-refractivity contribution in [3.63, 3.8) is 0 Å². The summed E-state index contributed by atoms with van der Waals surface area (Å²) >= 11 is 0. The highest BCUT2D eigenvalue weighted by atomic mass is 16.3. The third-order valence-electron chi connectivity index (χ3n) is 4.48. The first-order valence-corrected chi connectivity index (χ1v) is 8.18. The first-order valence-electron chi connectivity index (χ1n) is 8.18. The van der Waals surface area contributed by atoms with Crippen LogP contribution in [0.25, 0.3) is 11.0 Å². The number of fused-ring (bicyclic) bond motifs is 1. The molecule has 1 amide bonds. The number of aliphatic hydroxyl groups is 1. The molecule has 1 aliphatic carbocycles. The minimum absolute atomic E-state index is 0.0502. The van der Waals surface area contributed by atoms with Crippen molar-refractivity contribution in [1.29, 1.82) is 0 Å². The third-order valence-corrected chi connectivity index (χ3v) is 4.48. The van der Waals surface area contributed by atoms with E-state index in [1.165, 1.54) is 0 Å². The molecule has 23 heavy (non-hydrogen) atoms. The van der Waals surface area contributed by atoms with Gasteiger partial charge in [0.15, 0.2) is 5.65 Å². The Hall–Kier alpha value is -1.95. The Morgan fingerprint density at radius 1 is 1.48 bits per heavy atom. The second-order valence-electron chi connectivity index (χ2n) is 7.16. The van der Waals surface area contributed by atoms with Crippen LogP contribution in [-0.2, 0) is 6.54 Å². The lowest BCUT2D eigenvalue weighted by Crippen LogP contribution is -2.50. The summed E-state index contributed by atoms with van der Waals surface area (Å²) in [7, 11) is 0. The van der Waals surface area contributed by atoms with Gasteiger partial charge in [-0.25, -0.2) is 9.67 Å². The predicted molar refractivity (Wildman–Crippen MR) is 88.0 cm³/mol. The fourth-order valence-corrected chi connectivity index (χ4v) is 2.90. The van der Waals surface area contributed by atoms with Crippen LogP contribution in [0.4, 0.5) is 0 Å².